The molecule has 0 atom stereocenters. The second-order valence-electron chi connectivity index (χ2n) is 5.74. The van der Waals surface area contributed by atoms with Crippen LogP contribution in [-0.2, 0) is 24.1 Å². The zero-order chi connectivity index (χ0) is 18.0. The van der Waals surface area contributed by atoms with E-state index in [2.05, 4.69) is 4.98 Å². The maximum absolute atomic E-state index is 13.3. The molecule has 25 heavy (non-hydrogen) atoms. The van der Waals surface area contributed by atoms with Gasteiger partial charge in [0.2, 0.25) is 11.7 Å². The smallest absolute Gasteiger partial charge is 0.340 e. The lowest BCUT2D eigenvalue weighted by molar-refractivity contribution is -0.148. The molecule has 130 valence electrons. The first-order valence-corrected chi connectivity index (χ1v) is 7.66. The van der Waals surface area contributed by atoms with Crippen molar-refractivity contribution in [1.82, 2.24) is 14.5 Å². The molecule has 0 aliphatic carbocycles. The average molecular weight is 347 g/mol. The summed E-state index contributed by atoms with van der Waals surface area (Å²) >= 11 is 0. The van der Waals surface area contributed by atoms with Gasteiger partial charge >= 0.3 is 6.18 Å². The van der Waals surface area contributed by atoms with Crippen molar-refractivity contribution in [1.29, 1.82) is 0 Å². The minimum Gasteiger partial charge on any atom is -0.340 e. The monoisotopic (exact) mass is 347 g/mol. The predicted molar refractivity (Wildman–Crippen MR) is 87.7 cm³/mol. The van der Waals surface area contributed by atoms with Gasteiger partial charge in [0.25, 0.3) is 0 Å². The third-order valence-corrected chi connectivity index (χ3v) is 3.89. The number of carbonyl (C=O) groups excluding carboxylic acids is 1. The summed E-state index contributed by atoms with van der Waals surface area (Å²) in [6.45, 7) is -0.0909. The van der Waals surface area contributed by atoms with E-state index in [4.69, 9.17) is 0 Å². The first-order valence-electron chi connectivity index (χ1n) is 7.66. The first-order chi connectivity index (χ1) is 11.9. The molecule has 1 heterocycles. The van der Waals surface area contributed by atoms with Crippen LogP contribution in [0.4, 0.5) is 13.2 Å². The highest BCUT2D eigenvalue weighted by atomic mass is 19.4. The van der Waals surface area contributed by atoms with Crippen LogP contribution < -0.4 is 0 Å². The standard InChI is InChI=1S/C18H16F3N3O/c1-23(11-13-7-3-2-4-8-13)16(25)12-24-15-10-6-5-9-14(15)22-17(24)18(19,20)21/h2-10H,11-12H2,1H3. The van der Waals surface area contributed by atoms with Gasteiger partial charge < -0.3 is 9.47 Å². The molecular weight excluding hydrogens is 331 g/mol. The van der Waals surface area contributed by atoms with E-state index in [-0.39, 0.29) is 11.0 Å². The van der Waals surface area contributed by atoms with Crippen LogP contribution in [0.3, 0.4) is 0 Å². The van der Waals surface area contributed by atoms with E-state index in [0.717, 1.165) is 10.1 Å². The summed E-state index contributed by atoms with van der Waals surface area (Å²) in [4.78, 5) is 17.5. The average Bonchev–Trinajstić information content (AvgIpc) is 2.95. The van der Waals surface area contributed by atoms with E-state index in [1.807, 2.05) is 30.3 Å². The molecule has 0 fully saturated rings. The van der Waals surface area contributed by atoms with Gasteiger partial charge in [-0.05, 0) is 17.7 Å². The predicted octanol–water partition coefficient (Wildman–Crippen LogP) is 3.71. The maximum Gasteiger partial charge on any atom is 0.449 e. The molecule has 0 unspecified atom stereocenters. The molecule has 4 nitrogen and oxygen atoms in total. The van der Waals surface area contributed by atoms with Crippen LogP contribution in [-0.4, -0.2) is 27.4 Å². The normalized spacial score (nSPS) is 11.7. The number of halogens is 3. The molecule has 0 bridgehead atoms. The summed E-state index contributed by atoms with van der Waals surface area (Å²) in [5.74, 6) is -1.48. The first kappa shape index (κ1) is 17.0. The number of hydrogen-bond donors (Lipinski definition) is 0. The molecule has 0 radical (unpaired) electrons. The van der Waals surface area contributed by atoms with Crippen molar-refractivity contribution < 1.29 is 18.0 Å². The fraction of sp³-hybridized carbons (Fsp3) is 0.222. The van der Waals surface area contributed by atoms with Crippen LogP contribution in [0.15, 0.2) is 54.6 Å². The number of para-hydroxylation sites is 2. The lowest BCUT2D eigenvalue weighted by atomic mass is 10.2. The van der Waals surface area contributed by atoms with Gasteiger partial charge in [0.05, 0.1) is 11.0 Å². The Morgan fingerprint density at radius 3 is 2.40 bits per heavy atom. The van der Waals surface area contributed by atoms with Gasteiger partial charge in [0.1, 0.15) is 6.54 Å². The van der Waals surface area contributed by atoms with Crippen molar-refractivity contribution in [2.24, 2.45) is 0 Å². The second kappa shape index (κ2) is 6.58. The Morgan fingerprint density at radius 1 is 1.08 bits per heavy atom. The van der Waals surface area contributed by atoms with E-state index in [0.29, 0.717) is 6.54 Å². The Bertz CT molecular complexity index is 887. The van der Waals surface area contributed by atoms with Gasteiger partial charge in [0.15, 0.2) is 0 Å². The topological polar surface area (TPSA) is 38.1 Å². The van der Waals surface area contributed by atoms with E-state index < -0.39 is 24.5 Å². The van der Waals surface area contributed by atoms with Crippen molar-refractivity contribution in [2.45, 2.75) is 19.3 Å². The summed E-state index contributed by atoms with van der Waals surface area (Å²) in [7, 11) is 1.57. The third-order valence-electron chi connectivity index (χ3n) is 3.89. The fourth-order valence-electron chi connectivity index (χ4n) is 2.65. The molecular formula is C18H16F3N3O. The van der Waals surface area contributed by atoms with Gasteiger partial charge in [-0.2, -0.15) is 13.2 Å². The molecule has 0 saturated carbocycles. The largest absolute Gasteiger partial charge is 0.449 e. The third kappa shape index (κ3) is 3.65. The van der Waals surface area contributed by atoms with Gasteiger partial charge in [0, 0.05) is 13.6 Å². The minimum absolute atomic E-state index is 0.216. The van der Waals surface area contributed by atoms with Crippen LogP contribution >= 0.6 is 0 Å². The number of hydrogen-bond acceptors (Lipinski definition) is 2. The Kier molecular flexibility index (Phi) is 4.48. The number of likely N-dealkylation sites (N-methyl/N-ethyl adjacent to an activating group) is 1. The number of alkyl halides is 3. The molecule has 0 aliphatic rings. The maximum atomic E-state index is 13.3. The number of aromatic nitrogens is 2. The zero-order valence-electron chi connectivity index (χ0n) is 13.5. The molecule has 0 spiro atoms. The molecule has 0 N–H and O–H groups in total. The molecule has 3 rings (SSSR count). The van der Waals surface area contributed by atoms with Gasteiger partial charge in [-0.1, -0.05) is 42.5 Å². The van der Waals surface area contributed by atoms with Crippen molar-refractivity contribution in [2.75, 3.05) is 7.05 Å². The summed E-state index contributed by atoms with van der Waals surface area (Å²) in [5.41, 5.74) is 1.41. The number of benzene rings is 2. The highest BCUT2D eigenvalue weighted by Crippen LogP contribution is 2.31. The van der Waals surface area contributed by atoms with Crippen LogP contribution in [0.1, 0.15) is 11.4 Å². The van der Waals surface area contributed by atoms with E-state index in [1.165, 1.54) is 17.0 Å². The second-order valence-corrected chi connectivity index (χ2v) is 5.74. The number of nitrogens with zero attached hydrogens (tertiary/aromatic N) is 3. The number of carbonyl (C=O) groups is 1. The van der Waals surface area contributed by atoms with Crippen molar-refractivity contribution in [3.63, 3.8) is 0 Å². The Labute approximate surface area is 142 Å². The quantitative estimate of drug-likeness (QED) is 0.722. The number of imidazole rings is 1. The summed E-state index contributed by atoms with van der Waals surface area (Å²) in [5, 5.41) is 0. The molecule has 2 aromatic carbocycles. The SMILES string of the molecule is CN(Cc1ccccc1)C(=O)Cn1c(C(F)(F)F)nc2ccccc21. The van der Waals surface area contributed by atoms with Crippen molar-refractivity contribution in [3.05, 3.63) is 66.0 Å². The van der Waals surface area contributed by atoms with E-state index >= 15 is 0 Å². The summed E-state index contributed by atoms with van der Waals surface area (Å²) in [6, 6.07) is 15.5. The zero-order valence-corrected chi connectivity index (χ0v) is 13.5. The lowest BCUT2D eigenvalue weighted by Crippen LogP contribution is -2.31. The lowest BCUT2D eigenvalue weighted by Gasteiger charge is -2.19. The van der Waals surface area contributed by atoms with Crippen LogP contribution in [0.5, 0.6) is 0 Å². The number of fused-ring (bicyclic) bond motifs is 1. The molecule has 7 heteroatoms. The van der Waals surface area contributed by atoms with Gasteiger partial charge in [-0.3, -0.25) is 4.79 Å². The van der Waals surface area contributed by atoms with E-state index in [1.54, 1.807) is 19.2 Å². The van der Waals surface area contributed by atoms with Gasteiger partial charge in [-0.25, -0.2) is 4.98 Å². The molecule has 1 amide bonds. The summed E-state index contributed by atoms with van der Waals surface area (Å²) in [6.07, 6.45) is -4.63. The fourth-order valence-corrected chi connectivity index (χ4v) is 2.65. The van der Waals surface area contributed by atoms with E-state index in [9.17, 15) is 18.0 Å². The number of amides is 1. The highest BCUT2D eigenvalue weighted by molar-refractivity contribution is 5.81. The number of rotatable bonds is 4. The molecule has 1 aromatic heterocycles. The van der Waals surface area contributed by atoms with Crippen LogP contribution in [0.25, 0.3) is 11.0 Å². The minimum atomic E-state index is -4.63. The molecule has 3 aromatic rings. The van der Waals surface area contributed by atoms with Crippen molar-refractivity contribution >= 4 is 16.9 Å². The Hall–Kier alpha value is -2.83. The highest BCUT2D eigenvalue weighted by Gasteiger charge is 2.38. The van der Waals surface area contributed by atoms with Crippen LogP contribution in [0, 0.1) is 0 Å². The molecule has 0 saturated heterocycles. The van der Waals surface area contributed by atoms with Crippen molar-refractivity contribution in [3.8, 4) is 0 Å². The van der Waals surface area contributed by atoms with Crippen LogP contribution in [0.2, 0.25) is 0 Å². The Balaban J connectivity index is 1.88. The van der Waals surface area contributed by atoms with Gasteiger partial charge in [-0.15, -0.1) is 0 Å². The Morgan fingerprint density at radius 2 is 1.72 bits per heavy atom. The summed E-state index contributed by atoms with van der Waals surface area (Å²) < 4.78 is 40.8. The molecule has 0 aliphatic heterocycles.